The number of urea groups is 1. The van der Waals surface area contributed by atoms with Crippen LogP contribution in [0.5, 0.6) is 0 Å². The highest BCUT2D eigenvalue weighted by atomic mass is 35.5. The number of hydrogen-bond donors (Lipinski definition) is 2. The zero-order valence-electron chi connectivity index (χ0n) is 16.5. The summed E-state index contributed by atoms with van der Waals surface area (Å²) in [6, 6.07) is 6.02. The van der Waals surface area contributed by atoms with Gasteiger partial charge in [-0.25, -0.2) is 9.18 Å². The second-order valence-electron chi connectivity index (χ2n) is 9.34. The summed E-state index contributed by atoms with van der Waals surface area (Å²) in [6.45, 7) is 2.34. The predicted molar refractivity (Wildman–Crippen MR) is 111 cm³/mol. The summed E-state index contributed by atoms with van der Waals surface area (Å²) < 4.78 is 15.0. The molecule has 29 heavy (non-hydrogen) atoms. The highest BCUT2D eigenvalue weighted by Gasteiger charge is 2.51. The van der Waals surface area contributed by atoms with Crippen LogP contribution in [0.25, 0.3) is 0 Å². The molecule has 4 fully saturated rings. The van der Waals surface area contributed by atoms with E-state index in [-0.39, 0.29) is 17.4 Å². The van der Waals surface area contributed by atoms with Crippen molar-refractivity contribution in [1.29, 1.82) is 0 Å². The Labute approximate surface area is 175 Å². The molecule has 6 rings (SSSR count). The Balaban J connectivity index is 1.25. The number of aryl methyl sites for hydroxylation is 1. The Morgan fingerprint density at radius 2 is 1.86 bits per heavy atom. The van der Waals surface area contributed by atoms with Gasteiger partial charge in [-0.15, -0.1) is 0 Å². The zero-order chi connectivity index (χ0) is 20.2. The van der Waals surface area contributed by atoms with E-state index in [0.717, 1.165) is 48.3 Å². The number of rotatable bonds is 4. The van der Waals surface area contributed by atoms with E-state index >= 15 is 0 Å². The fourth-order valence-corrected chi connectivity index (χ4v) is 6.42. The molecule has 5 nitrogen and oxygen atoms in total. The molecule has 4 saturated carbocycles. The maximum atomic E-state index is 13.3. The van der Waals surface area contributed by atoms with E-state index in [1.54, 1.807) is 10.7 Å². The summed E-state index contributed by atoms with van der Waals surface area (Å²) in [5.74, 6) is 2.50. The van der Waals surface area contributed by atoms with Crippen LogP contribution >= 0.6 is 11.6 Å². The van der Waals surface area contributed by atoms with E-state index in [4.69, 9.17) is 11.6 Å². The van der Waals surface area contributed by atoms with Crippen molar-refractivity contribution in [3.05, 3.63) is 46.4 Å². The van der Waals surface area contributed by atoms with Gasteiger partial charge < -0.3 is 5.32 Å². The fraction of sp³-hybridized carbons (Fsp3) is 0.545. The maximum Gasteiger partial charge on any atom is 0.320 e. The SMILES string of the molecule is Cc1cc(NC(=O)NC23CC4CC(CC(C4)C2)C3)nn1Cc1ccc(F)cc1Cl. The molecule has 0 spiro atoms. The lowest BCUT2D eigenvalue weighted by atomic mass is 9.53. The number of aromatic nitrogens is 2. The van der Waals surface area contributed by atoms with Crippen LogP contribution in [0.3, 0.4) is 0 Å². The molecular weight excluding hydrogens is 391 g/mol. The first-order valence-electron chi connectivity index (χ1n) is 10.4. The largest absolute Gasteiger partial charge is 0.332 e. The lowest BCUT2D eigenvalue weighted by Gasteiger charge is -2.56. The lowest BCUT2D eigenvalue weighted by molar-refractivity contribution is -0.0127. The van der Waals surface area contributed by atoms with Gasteiger partial charge in [0, 0.05) is 22.3 Å². The summed E-state index contributed by atoms with van der Waals surface area (Å²) in [7, 11) is 0. The molecular formula is C22H26ClFN4O. The molecule has 0 radical (unpaired) electrons. The number of amides is 2. The number of nitrogens with zero attached hydrogens (tertiary/aromatic N) is 2. The molecule has 1 aromatic heterocycles. The third-order valence-electron chi connectivity index (χ3n) is 6.97. The summed E-state index contributed by atoms with van der Waals surface area (Å²) in [5, 5.41) is 11.1. The van der Waals surface area contributed by atoms with Gasteiger partial charge in [0.25, 0.3) is 0 Å². The normalized spacial score (nSPS) is 29.8. The molecule has 2 aromatic rings. The quantitative estimate of drug-likeness (QED) is 0.726. The van der Waals surface area contributed by atoms with E-state index in [1.807, 2.05) is 13.0 Å². The molecule has 2 amide bonds. The van der Waals surface area contributed by atoms with Crippen molar-refractivity contribution in [2.24, 2.45) is 17.8 Å². The number of carbonyl (C=O) groups excluding carboxylic acids is 1. The predicted octanol–water partition coefficient (Wildman–Crippen LogP) is 5.12. The first-order chi connectivity index (χ1) is 13.9. The summed E-state index contributed by atoms with van der Waals surface area (Å²) in [6.07, 6.45) is 7.38. The second-order valence-corrected chi connectivity index (χ2v) is 9.75. The van der Waals surface area contributed by atoms with Crippen molar-refractivity contribution in [2.45, 2.75) is 57.5 Å². The molecule has 4 bridgehead atoms. The fourth-order valence-electron chi connectivity index (χ4n) is 6.19. The van der Waals surface area contributed by atoms with E-state index in [0.29, 0.717) is 17.4 Å². The van der Waals surface area contributed by atoms with Crippen LogP contribution in [0.2, 0.25) is 5.02 Å². The van der Waals surface area contributed by atoms with Crippen molar-refractivity contribution in [1.82, 2.24) is 15.1 Å². The molecule has 0 atom stereocenters. The minimum atomic E-state index is -0.361. The van der Waals surface area contributed by atoms with Crippen LogP contribution in [-0.4, -0.2) is 21.4 Å². The maximum absolute atomic E-state index is 13.3. The third kappa shape index (κ3) is 3.75. The first kappa shape index (κ1) is 18.9. The van der Waals surface area contributed by atoms with Crippen LogP contribution in [0.15, 0.2) is 24.3 Å². The Morgan fingerprint density at radius 3 is 2.48 bits per heavy atom. The van der Waals surface area contributed by atoms with Gasteiger partial charge in [0.05, 0.1) is 6.54 Å². The Morgan fingerprint density at radius 1 is 1.21 bits per heavy atom. The van der Waals surface area contributed by atoms with E-state index in [9.17, 15) is 9.18 Å². The number of carbonyl (C=O) groups is 1. The van der Waals surface area contributed by atoms with Crippen molar-refractivity contribution in [3.8, 4) is 0 Å². The van der Waals surface area contributed by atoms with Crippen molar-refractivity contribution < 1.29 is 9.18 Å². The molecule has 4 aliphatic carbocycles. The first-order valence-corrected chi connectivity index (χ1v) is 10.8. The standard InChI is InChI=1S/C22H26ClFN4O/c1-13-4-20(27-28(13)12-17-2-3-18(24)8-19(17)23)25-21(29)26-22-9-14-5-15(10-22)7-16(6-14)11-22/h2-4,8,14-16H,5-7,9-12H2,1H3,(H2,25,26,27,29). The molecule has 1 aromatic carbocycles. The van der Waals surface area contributed by atoms with Gasteiger partial charge in [-0.2, -0.15) is 5.10 Å². The number of anilines is 1. The van der Waals surface area contributed by atoms with Crippen LogP contribution in [0.1, 0.15) is 49.8 Å². The average molecular weight is 417 g/mol. The molecule has 0 unspecified atom stereocenters. The van der Waals surface area contributed by atoms with E-state index in [2.05, 4.69) is 15.7 Å². The molecule has 154 valence electrons. The summed E-state index contributed by atoms with van der Waals surface area (Å²) in [4.78, 5) is 12.7. The van der Waals surface area contributed by atoms with E-state index in [1.165, 1.54) is 31.4 Å². The van der Waals surface area contributed by atoms with Gasteiger partial charge >= 0.3 is 6.03 Å². The molecule has 4 aliphatic rings. The molecule has 1 heterocycles. The number of hydrogen-bond acceptors (Lipinski definition) is 2. The third-order valence-corrected chi connectivity index (χ3v) is 7.33. The average Bonchev–Trinajstić information content (AvgIpc) is 2.94. The Kier molecular flexibility index (Phi) is 4.57. The van der Waals surface area contributed by atoms with Gasteiger partial charge in [-0.3, -0.25) is 10.00 Å². The monoisotopic (exact) mass is 416 g/mol. The highest BCUT2D eigenvalue weighted by molar-refractivity contribution is 6.31. The van der Waals surface area contributed by atoms with Crippen molar-refractivity contribution in [3.63, 3.8) is 0 Å². The summed E-state index contributed by atoms with van der Waals surface area (Å²) >= 11 is 6.13. The van der Waals surface area contributed by atoms with Crippen molar-refractivity contribution in [2.75, 3.05) is 5.32 Å². The van der Waals surface area contributed by atoms with Crippen LogP contribution in [-0.2, 0) is 6.54 Å². The van der Waals surface area contributed by atoms with Gasteiger partial charge in [-0.05, 0) is 80.9 Å². The molecule has 7 heteroatoms. The smallest absolute Gasteiger partial charge is 0.320 e. The molecule has 0 aliphatic heterocycles. The Bertz CT molecular complexity index is 921. The van der Waals surface area contributed by atoms with Crippen molar-refractivity contribution >= 4 is 23.4 Å². The number of halogens is 2. The second kappa shape index (κ2) is 7.01. The van der Waals surface area contributed by atoms with Crippen LogP contribution in [0, 0.1) is 30.5 Å². The highest BCUT2D eigenvalue weighted by Crippen LogP contribution is 2.55. The minimum Gasteiger partial charge on any atom is -0.332 e. The molecule has 0 saturated heterocycles. The van der Waals surface area contributed by atoms with Gasteiger partial charge in [0.1, 0.15) is 5.82 Å². The van der Waals surface area contributed by atoms with Gasteiger partial charge in [-0.1, -0.05) is 17.7 Å². The lowest BCUT2D eigenvalue weighted by Crippen LogP contribution is -2.60. The van der Waals surface area contributed by atoms with Gasteiger partial charge in [0.15, 0.2) is 5.82 Å². The summed E-state index contributed by atoms with van der Waals surface area (Å²) in [5.41, 5.74) is 1.65. The Hall–Kier alpha value is -2.08. The number of benzene rings is 1. The number of nitrogens with one attached hydrogen (secondary N) is 2. The van der Waals surface area contributed by atoms with Crippen LogP contribution in [0.4, 0.5) is 15.0 Å². The topological polar surface area (TPSA) is 59.0 Å². The zero-order valence-corrected chi connectivity index (χ0v) is 17.3. The van der Waals surface area contributed by atoms with Crippen LogP contribution < -0.4 is 10.6 Å². The molecule has 2 N–H and O–H groups in total. The van der Waals surface area contributed by atoms with Gasteiger partial charge in [0.2, 0.25) is 0 Å². The van der Waals surface area contributed by atoms with E-state index < -0.39 is 0 Å². The minimum absolute atomic E-state index is 0.0297.